The highest BCUT2D eigenvalue weighted by Gasteiger charge is 2.16. The summed E-state index contributed by atoms with van der Waals surface area (Å²) in [5.41, 5.74) is 1.01. The third kappa shape index (κ3) is 3.77. The molecule has 0 N–H and O–H groups in total. The number of hydrogen-bond acceptors (Lipinski definition) is 3. The topological polar surface area (TPSA) is 51.2 Å². The van der Waals surface area contributed by atoms with Crippen LogP contribution in [0.4, 0.5) is 0 Å². The quantitative estimate of drug-likeness (QED) is 0.853. The zero-order chi connectivity index (χ0) is 14.6. The number of benzene rings is 2. The van der Waals surface area contributed by atoms with Crippen LogP contribution in [0.3, 0.4) is 0 Å². The molecular formula is C15H16O3S2. The molecule has 0 spiro atoms. The second-order valence-corrected chi connectivity index (χ2v) is 8.17. The molecule has 2 aromatic rings. The standard InChI is InChI=1S/C15H16O3S2/c1-13-7-9-15(10-8-13)20(17,18)12-11-19(16)14-5-3-2-4-6-14/h2-10H,11-12H2,1H3. The highest BCUT2D eigenvalue weighted by atomic mass is 32.2. The van der Waals surface area contributed by atoms with E-state index in [1.54, 1.807) is 48.5 Å². The monoisotopic (exact) mass is 308 g/mol. The number of sulfone groups is 1. The summed E-state index contributed by atoms with van der Waals surface area (Å²) in [5.74, 6) is -0.00219. The van der Waals surface area contributed by atoms with Gasteiger partial charge in [0, 0.05) is 10.6 Å². The van der Waals surface area contributed by atoms with E-state index in [1.807, 2.05) is 13.0 Å². The number of hydrogen-bond donors (Lipinski definition) is 0. The van der Waals surface area contributed by atoms with Crippen molar-refractivity contribution in [2.45, 2.75) is 16.7 Å². The Bertz CT molecular complexity index is 690. The molecule has 3 nitrogen and oxygen atoms in total. The summed E-state index contributed by atoms with van der Waals surface area (Å²) in [6.45, 7) is 1.90. The van der Waals surface area contributed by atoms with Gasteiger partial charge in [0.1, 0.15) is 0 Å². The van der Waals surface area contributed by atoms with Gasteiger partial charge < -0.3 is 0 Å². The fraction of sp³-hybridized carbons (Fsp3) is 0.200. The van der Waals surface area contributed by atoms with E-state index < -0.39 is 20.6 Å². The molecule has 1 atom stereocenters. The van der Waals surface area contributed by atoms with Crippen molar-refractivity contribution in [3.63, 3.8) is 0 Å². The Hall–Kier alpha value is -1.46. The summed E-state index contributed by atoms with van der Waals surface area (Å²) < 4.78 is 36.3. The molecule has 2 rings (SSSR count). The van der Waals surface area contributed by atoms with Crippen molar-refractivity contribution in [2.24, 2.45) is 0 Å². The minimum atomic E-state index is -3.37. The molecule has 0 bridgehead atoms. The second kappa shape index (κ2) is 6.33. The van der Waals surface area contributed by atoms with E-state index >= 15 is 0 Å². The molecule has 20 heavy (non-hydrogen) atoms. The van der Waals surface area contributed by atoms with Crippen molar-refractivity contribution in [1.82, 2.24) is 0 Å². The van der Waals surface area contributed by atoms with Crippen molar-refractivity contribution >= 4 is 20.6 Å². The fourth-order valence-corrected chi connectivity index (χ4v) is 4.70. The van der Waals surface area contributed by atoms with Gasteiger partial charge in [-0.15, -0.1) is 0 Å². The van der Waals surface area contributed by atoms with E-state index in [1.165, 1.54) is 0 Å². The Morgan fingerprint density at radius 2 is 1.55 bits per heavy atom. The first-order chi connectivity index (χ1) is 9.49. The normalized spacial score (nSPS) is 13.1. The molecule has 0 amide bonds. The molecule has 0 aliphatic rings. The Morgan fingerprint density at radius 1 is 0.950 bits per heavy atom. The minimum Gasteiger partial charge on any atom is -0.254 e. The Balaban J connectivity index is 2.06. The molecule has 0 aromatic heterocycles. The van der Waals surface area contributed by atoms with Gasteiger partial charge in [-0.2, -0.15) is 0 Å². The third-order valence-electron chi connectivity index (χ3n) is 2.92. The Kier molecular flexibility index (Phi) is 4.73. The van der Waals surface area contributed by atoms with Gasteiger partial charge >= 0.3 is 0 Å². The van der Waals surface area contributed by atoms with Crippen LogP contribution in [0.5, 0.6) is 0 Å². The van der Waals surface area contributed by atoms with Gasteiger partial charge in [0.15, 0.2) is 9.84 Å². The summed E-state index contributed by atoms with van der Waals surface area (Å²) in [7, 11) is -4.66. The van der Waals surface area contributed by atoms with Crippen LogP contribution in [0.2, 0.25) is 0 Å². The highest BCUT2D eigenvalue weighted by Crippen LogP contribution is 2.13. The largest absolute Gasteiger partial charge is 0.254 e. The SMILES string of the molecule is Cc1ccc(S(=O)(=O)CCS(=O)c2ccccc2)cc1. The molecule has 0 aliphatic heterocycles. The average molecular weight is 308 g/mol. The van der Waals surface area contributed by atoms with Crippen LogP contribution in [-0.2, 0) is 20.6 Å². The predicted octanol–water partition coefficient (Wildman–Crippen LogP) is 2.58. The third-order valence-corrected chi connectivity index (χ3v) is 6.29. The molecule has 0 saturated carbocycles. The van der Waals surface area contributed by atoms with Crippen LogP contribution in [0.1, 0.15) is 5.56 Å². The molecule has 0 heterocycles. The van der Waals surface area contributed by atoms with Crippen LogP contribution < -0.4 is 0 Å². The lowest BCUT2D eigenvalue weighted by Crippen LogP contribution is -2.13. The first-order valence-electron chi connectivity index (χ1n) is 6.22. The van der Waals surface area contributed by atoms with Gasteiger partial charge in [-0.05, 0) is 31.2 Å². The van der Waals surface area contributed by atoms with Crippen molar-refractivity contribution in [3.05, 3.63) is 60.2 Å². The van der Waals surface area contributed by atoms with E-state index in [9.17, 15) is 12.6 Å². The smallest absolute Gasteiger partial charge is 0.179 e. The van der Waals surface area contributed by atoms with Crippen molar-refractivity contribution in [1.29, 1.82) is 0 Å². The molecule has 0 saturated heterocycles. The fourth-order valence-electron chi connectivity index (χ4n) is 1.74. The number of aryl methyl sites for hydroxylation is 1. The predicted molar refractivity (Wildman–Crippen MR) is 80.9 cm³/mol. The van der Waals surface area contributed by atoms with Gasteiger partial charge in [0.05, 0.1) is 21.4 Å². The molecular weight excluding hydrogens is 292 g/mol. The first kappa shape index (κ1) is 14.9. The maximum atomic E-state index is 12.1. The van der Waals surface area contributed by atoms with Crippen LogP contribution >= 0.6 is 0 Å². The lowest BCUT2D eigenvalue weighted by atomic mass is 10.2. The zero-order valence-electron chi connectivity index (χ0n) is 11.2. The summed E-state index contributed by atoms with van der Waals surface area (Å²) in [6.07, 6.45) is 0. The van der Waals surface area contributed by atoms with E-state index in [0.29, 0.717) is 4.90 Å². The molecule has 0 fully saturated rings. The molecule has 0 aliphatic carbocycles. The zero-order valence-corrected chi connectivity index (χ0v) is 12.8. The maximum Gasteiger partial charge on any atom is 0.179 e. The lowest BCUT2D eigenvalue weighted by molar-refractivity contribution is 0.597. The number of rotatable bonds is 5. The van der Waals surface area contributed by atoms with Crippen LogP contribution in [0, 0.1) is 6.92 Å². The minimum absolute atomic E-state index is 0.111. The van der Waals surface area contributed by atoms with E-state index in [-0.39, 0.29) is 16.4 Å². The summed E-state index contributed by atoms with van der Waals surface area (Å²) >= 11 is 0. The summed E-state index contributed by atoms with van der Waals surface area (Å²) in [5, 5.41) is 0. The van der Waals surface area contributed by atoms with Crippen molar-refractivity contribution in [2.75, 3.05) is 11.5 Å². The van der Waals surface area contributed by atoms with E-state index in [4.69, 9.17) is 0 Å². The van der Waals surface area contributed by atoms with Crippen LogP contribution in [0.15, 0.2) is 64.4 Å². The van der Waals surface area contributed by atoms with Gasteiger partial charge in [-0.25, -0.2) is 8.42 Å². The first-order valence-corrected chi connectivity index (χ1v) is 9.19. The Morgan fingerprint density at radius 3 is 2.15 bits per heavy atom. The summed E-state index contributed by atoms with van der Waals surface area (Å²) in [6, 6.07) is 15.6. The maximum absolute atomic E-state index is 12.1. The molecule has 2 aromatic carbocycles. The van der Waals surface area contributed by atoms with Gasteiger partial charge in [0.2, 0.25) is 0 Å². The average Bonchev–Trinajstić information content (AvgIpc) is 2.46. The van der Waals surface area contributed by atoms with Gasteiger partial charge in [-0.3, -0.25) is 4.21 Å². The van der Waals surface area contributed by atoms with E-state index in [2.05, 4.69) is 0 Å². The summed E-state index contributed by atoms with van der Waals surface area (Å²) in [4.78, 5) is 0.944. The molecule has 106 valence electrons. The van der Waals surface area contributed by atoms with Crippen LogP contribution in [0.25, 0.3) is 0 Å². The van der Waals surface area contributed by atoms with Crippen LogP contribution in [-0.4, -0.2) is 24.1 Å². The second-order valence-electron chi connectivity index (χ2n) is 4.49. The van der Waals surface area contributed by atoms with Crippen molar-refractivity contribution in [3.8, 4) is 0 Å². The van der Waals surface area contributed by atoms with Gasteiger partial charge in [0.25, 0.3) is 0 Å². The lowest BCUT2D eigenvalue weighted by Gasteiger charge is -2.05. The van der Waals surface area contributed by atoms with E-state index in [0.717, 1.165) is 5.56 Å². The highest BCUT2D eigenvalue weighted by molar-refractivity contribution is 7.93. The molecule has 5 heteroatoms. The van der Waals surface area contributed by atoms with Gasteiger partial charge in [-0.1, -0.05) is 35.9 Å². The molecule has 1 unspecified atom stereocenters. The Labute approximate surface area is 122 Å². The van der Waals surface area contributed by atoms with Crippen molar-refractivity contribution < 1.29 is 12.6 Å². The molecule has 0 radical (unpaired) electrons.